The first-order valence-corrected chi connectivity index (χ1v) is 5.61. The second-order valence-electron chi connectivity index (χ2n) is 5.02. The molecule has 0 saturated carbocycles. The van der Waals surface area contributed by atoms with E-state index in [0.29, 0.717) is 11.5 Å². The van der Waals surface area contributed by atoms with Gasteiger partial charge in [-0.05, 0) is 42.3 Å². The van der Waals surface area contributed by atoms with Crippen molar-refractivity contribution in [3.8, 4) is 0 Å². The number of piperidine rings is 1. The third-order valence-corrected chi connectivity index (χ3v) is 3.93. The van der Waals surface area contributed by atoms with E-state index < -0.39 is 0 Å². The highest BCUT2D eigenvalue weighted by Crippen LogP contribution is 2.49. The van der Waals surface area contributed by atoms with E-state index in [9.17, 15) is 0 Å². The van der Waals surface area contributed by atoms with E-state index in [-0.39, 0.29) is 0 Å². The Balaban J connectivity index is 2.07. The molecule has 2 unspecified atom stereocenters. The first-order valence-electron chi connectivity index (χ1n) is 5.61. The van der Waals surface area contributed by atoms with Crippen LogP contribution in [0.5, 0.6) is 0 Å². The Morgan fingerprint density at radius 3 is 3.14 bits per heavy atom. The molecule has 0 radical (unpaired) electrons. The summed E-state index contributed by atoms with van der Waals surface area (Å²) in [7, 11) is 0. The topological polar surface area (TPSA) is 12.0 Å². The van der Waals surface area contributed by atoms with Crippen LogP contribution in [0.25, 0.3) is 0 Å². The zero-order valence-electron chi connectivity index (χ0n) is 8.72. The monoisotopic (exact) mass is 187 g/mol. The minimum atomic E-state index is 0.488. The number of benzene rings is 1. The zero-order chi connectivity index (χ0) is 9.60. The summed E-state index contributed by atoms with van der Waals surface area (Å²) in [5, 5.41) is 3.68. The van der Waals surface area contributed by atoms with Crippen LogP contribution < -0.4 is 5.32 Å². The fraction of sp³-hybridized carbons (Fsp3) is 0.538. The first kappa shape index (κ1) is 8.49. The highest BCUT2D eigenvalue weighted by Gasteiger charge is 2.43. The molecular weight excluding hydrogens is 170 g/mol. The number of hydrogen-bond acceptors (Lipinski definition) is 1. The maximum Gasteiger partial charge on any atom is 0.0380 e. The van der Waals surface area contributed by atoms with Crippen LogP contribution in [-0.2, 0) is 6.42 Å². The van der Waals surface area contributed by atoms with Crippen molar-refractivity contribution in [2.24, 2.45) is 5.41 Å². The fourth-order valence-corrected chi connectivity index (χ4v) is 3.22. The molecule has 1 aromatic carbocycles. The lowest BCUT2D eigenvalue weighted by Gasteiger charge is -2.37. The molecule has 0 spiro atoms. The van der Waals surface area contributed by atoms with Gasteiger partial charge in [0.25, 0.3) is 0 Å². The lowest BCUT2D eigenvalue weighted by Crippen LogP contribution is -2.38. The molecule has 1 aromatic rings. The van der Waals surface area contributed by atoms with Gasteiger partial charge in [-0.1, -0.05) is 31.2 Å². The predicted octanol–water partition coefficient (Wildman–Crippen LogP) is 2.67. The van der Waals surface area contributed by atoms with E-state index in [1.54, 1.807) is 11.1 Å². The van der Waals surface area contributed by atoms with Crippen molar-refractivity contribution in [3.63, 3.8) is 0 Å². The van der Waals surface area contributed by atoms with E-state index in [0.717, 1.165) is 0 Å². The van der Waals surface area contributed by atoms with Gasteiger partial charge in [0, 0.05) is 6.04 Å². The third-order valence-electron chi connectivity index (χ3n) is 3.93. The molecule has 1 aliphatic heterocycles. The molecule has 1 nitrogen and oxygen atoms in total. The average molecular weight is 187 g/mol. The summed E-state index contributed by atoms with van der Waals surface area (Å²) >= 11 is 0. The molecule has 2 aliphatic rings. The fourth-order valence-electron chi connectivity index (χ4n) is 3.22. The Bertz CT molecular complexity index is 358. The lowest BCUT2D eigenvalue weighted by atomic mass is 9.76. The largest absolute Gasteiger partial charge is 0.309 e. The second kappa shape index (κ2) is 2.83. The smallest absolute Gasteiger partial charge is 0.0380 e. The highest BCUT2D eigenvalue weighted by molar-refractivity contribution is 5.38. The van der Waals surface area contributed by atoms with E-state index in [1.807, 2.05) is 0 Å². The number of hydrogen-bond donors (Lipinski definition) is 1. The molecule has 1 heteroatoms. The normalized spacial score (nSPS) is 35.1. The molecule has 1 fully saturated rings. The Morgan fingerprint density at radius 1 is 1.36 bits per heavy atom. The van der Waals surface area contributed by atoms with Crippen LogP contribution >= 0.6 is 0 Å². The standard InChI is InChI=1S/C13H17N/c1-13-7-4-8-14-12(13)11-6-3-2-5-10(11)9-13/h2-3,5-6,12,14H,4,7-9H2,1H3. The molecule has 1 heterocycles. The zero-order valence-corrected chi connectivity index (χ0v) is 8.72. The van der Waals surface area contributed by atoms with Crippen molar-refractivity contribution in [3.05, 3.63) is 35.4 Å². The number of nitrogens with one attached hydrogen (secondary N) is 1. The predicted molar refractivity (Wildman–Crippen MR) is 58.2 cm³/mol. The third kappa shape index (κ3) is 1.05. The van der Waals surface area contributed by atoms with E-state index in [4.69, 9.17) is 0 Å². The van der Waals surface area contributed by atoms with Gasteiger partial charge in [0.1, 0.15) is 0 Å². The van der Waals surface area contributed by atoms with Crippen molar-refractivity contribution in [2.45, 2.75) is 32.2 Å². The molecule has 3 rings (SSSR count). The van der Waals surface area contributed by atoms with E-state index in [1.165, 1.54) is 25.8 Å². The van der Waals surface area contributed by atoms with Gasteiger partial charge in [0.05, 0.1) is 0 Å². The molecular formula is C13H17N. The van der Waals surface area contributed by atoms with Gasteiger partial charge < -0.3 is 5.32 Å². The summed E-state index contributed by atoms with van der Waals surface area (Å²) in [5.74, 6) is 0. The quantitative estimate of drug-likeness (QED) is 0.658. The van der Waals surface area contributed by atoms with Gasteiger partial charge in [-0.3, -0.25) is 0 Å². The molecule has 1 N–H and O–H groups in total. The van der Waals surface area contributed by atoms with E-state index >= 15 is 0 Å². The van der Waals surface area contributed by atoms with Crippen LogP contribution in [0.3, 0.4) is 0 Å². The Kier molecular flexibility index (Phi) is 1.72. The van der Waals surface area contributed by atoms with Crippen LogP contribution in [0.1, 0.15) is 36.9 Å². The van der Waals surface area contributed by atoms with Gasteiger partial charge in [-0.2, -0.15) is 0 Å². The van der Waals surface area contributed by atoms with Gasteiger partial charge in [-0.15, -0.1) is 0 Å². The molecule has 0 aromatic heterocycles. The molecule has 1 saturated heterocycles. The number of fused-ring (bicyclic) bond motifs is 3. The van der Waals surface area contributed by atoms with Gasteiger partial charge >= 0.3 is 0 Å². The summed E-state index contributed by atoms with van der Waals surface area (Å²) in [5.41, 5.74) is 3.60. The first-order chi connectivity index (χ1) is 6.80. The summed E-state index contributed by atoms with van der Waals surface area (Å²) in [6, 6.07) is 9.54. The van der Waals surface area contributed by atoms with Crippen molar-refractivity contribution in [1.82, 2.24) is 5.32 Å². The maximum atomic E-state index is 3.68. The summed E-state index contributed by atoms with van der Waals surface area (Å²) in [6.07, 6.45) is 3.97. The lowest BCUT2D eigenvalue weighted by molar-refractivity contribution is 0.178. The molecule has 2 atom stereocenters. The summed E-state index contributed by atoms with van der Waals surface area (Å²) < 4.78 is 0. The van der Waals surface area contributed by atoms with Crippen LogP contribution in [0.2, 0.25) is 0 Å². The minimum Gasteiger partial charge on any atom is -0.309 e. The van der Waals surface area contributed by atoms with Crippen LogP contribution in [0.15, 0.2) is 24.3 Å². The Morgan fingerprint density at radius 2 is 2.21 bits per heavy atom. The molecule has 1 aliphatic carbocycles. The molecule has 0 bridgehead atoms. The minimum absolute atomic E-state index is 0.488. The van der Waals surface area contributed by atoms with E-state index in [2.05, 4.69) is 36.5 Å². The Hall–Kier alpha value is -0.820. The summed E-state index contributed by atoms with van der Waals surface area (Å²) in [4.78, 5) is 0. The van der Waals surface area contributed by atoms with Crippen molar-refractivity contribution in [1.29, 1.82) is 0 Å². The van der Waals surface area contributed by atoms with Gasteiger partial charge in [-0.25, -0.2) is 0 Å². The number of rotatable bonds is 0. The second-order valence-corrected chi connectivity index (χ2v) is 5.02. The molecule has 74 valence electrons. The van der Waals surface area contributed by atoms with Gasteiger partial charge in [0.15, 0.2) is 0 Å². The molecule has 0 amide bonds. The maximum absolute atomic E-state index is 3.68. The van der Waals surface area contributed by atoms with Gasteiger partial charge in [0.2, 0.25) is 0 Å². The Labute approximate surface area is 85.5 Å². The molecule has 14 heavy (non-hydrogen) atoms. The van der Waals surface area contributed by atoms with Crippen molar-refractivity contribution in [2.75, 3.05) is 6.54 Å². The van der Waals surface area contributed by atoms with Crippen LogP contribution in [0, 0.1) is 5.41 Å². The highest BCUT2D eigenvalue weighted by atomic mass is 15.0. The summed E-state index contributed by atoms with van der Waals surface area (Å²) in [6.45, 7) is 3.62. The average Bonchev–Trinajstić information content (AvgIpc) is 2.49. The van der Waals surface area contributed by atoms with Crippen molar-refractivity contribution < 1.29 is 0 Å². The SMILES string of the molecule is CC12CCCNC1c1ccccc1C2. The van der Waals surface area contributed by atoms with Crippen molar-refractivity contribution >= 4 is 0 Å². The van der Waals surface area contributed by atoms with Crippen LogP contribution in [-0.4, -0.2) is 6.54 Å². The van der Waals surface area contributed by atoms with Crippen LogP contribution in [0.4, 0.5) is 0 Å².